The molecule has 0 saturated heterocycles. The van der Waals surface area contributed by atoms with Crippen molar-refractivity contribution in [1.82, 2.24) is 9.59 Å². The van der Waals surface area contributed by atoms with Gasteiger partial charge in [0.1, 0.15) is 3.70 Å². The van der Waals surface area contributed by atoms with Gasteiger partial charge in [-0.1, -0.05) is 18.3 Å². The van der Waals surface area contributed by atoms with Gasteiger partial charge < -0.3 is 0 Å². The van der Waals surface area contributed by atoms with Crippen molar-refractivity contribution in [2.45, 2.75) is 19.8 Å². The molecule has 1 heterocycles. The Balaban J connectivity index is 2.94. The normalized spacial score (nSPS) is 10.7. The van der Waals surface area contributed by atoms with Crippen molar-refractivity contribution in [3.05, 3.63) is 8.58 Å². The van der Waals surface area contributed by atoms with E-state index in [-0.39, 0.29) is 0 Å². The predicted octanol–water partition coefficient (Wildman–Crippen LogP) is 2.27. The topological polar surface area (TPSA) is 25.8 Å². The molecule has 0 aromatic carbocycles. The van der Waals surface area contributed by atoms with E-state index in [0.717, 1.165) is 3.70 Å². The molecule has 1 rings (SSSR count). The van der Waals surface area contributed by atoms with Crippen LogP contribution in [-0.4, -0.2) is 9.59 Å². The number of hydrogen-bond donors (Lipinski definition) is 0. The molecule has 0 aliphatic carbocycles. The Hall–Kier alpha value is 0.290. The second kappa shape index (κ2) is 2.92. The summed E-state index contributed by atoms with van der Waals surface area (Å²) < 4.78 is 4.88. The zero-order valence-electron chi connectivity index (χ0n) is 5.26. The first-order valence-corrected chi connectivity index (χ1v) is 4.54. The van der Waals surface area contributed by atoms with Crippen molar-refractivity contribution in [1.29, 1.82) is 0 Å². The first-order valence-electron chi connectivity index (χ1n) is 2.69. The molecule has 0 fully saturated rings. The van der Waals surface area contributed by atoms with Crippen molar-refractivity contribution in [2.24, 2.45) is 0 Å². The highest BCUT2D eigenvalue weighted by Crippen LogP contribution is 2.21. The van der Waals surface area contributed by atoms with Crippen LogP contribution in [0.5, 0.6) is 0 Å². The van der Waals surface area contributed by atoms with Crippen LogP contribution in [0.1, 0.15) is 24.6 Å². The maximum atomic E-state index is 3.89. The van der Waals surface area contributed by atoms with E-state index >= 15 is 0 Å². The van der Waals surface area contributed by atoms with Crippen LogP contribution in [0.3, 0.4) is 0 Å². The predicted molar refractivity (Wildman–Crippen MR) is 46.7 cm³/mol. The van der Waals surface area contributed by atoms with E-state index in [2.05, 4.69) is 46.0 Å². The van der Waals surface area contributed by atoms with Gasteiger partial charge in [-0.15, -0.1) is 5.10 Å². The highest BCUT2D eigenvalue weighted by Gasteiger charge is 2.07. The number of hydrogen-bond acceptors (Lipinski definition) is 3. The Bertz CT molecular complexity index is 197. The summed E-state index contributed by atoms with van der Waals surface area (Å²) in [6.45, 7) is 4.30. The second-order valence-electron chi connectivity index (χ2n) is 2.08. The van der Waals surface area contributed by atoms with Crippen LogP contribution in [-0.2, 0) is 0 Å². The molecule has 0 aliphatic heterocycles. The van der Waals surface area contributed by atoms with E-state index in [1.165, 1.54) is 16.4 Å². The minimum absolute atomic E-state index is 0.567. The lowest BCUT2D eigenvalue weighted by Crippen LogP contribution is -1.84. The summed E-state index contributed by atoms with van der Waals surface area (Å²) in [4.78, 5) is 1.29. The van der Waals surface area contributed by atoms with Crippen LogP contribution in [0, 0.1) is 3.70 Å². The Morgan fingerprint density at radius 2 is 2.22 bits per heavy atom. The van der Waals surface area contributed by atoms with Crippen molar-refractivity contribution in [2.75, 3.05) is 0 Å². The minimum Gasteiger partial charge on any atom is -0.132 e. The van der Waals surface area contributed by atoms with E-state index in [4.69, 9.17) is 0 Å². The molecule has 0 N–H and O–H groups in total. The summed E-state index contributed by atoms with van der Waals surface area (Å²) in [6, 6.07) is 0. The van der Waals surface area contributed by atoms with Crippen molar-refractivity contribution in [3.63, 3.8) is 0 Å². The van der Waals surface area contributed by atoms with Gasteiger partial charge >= 0.3 is 0 Å². The minimum atomic E-state index is 0.567. The highest BCUT2D eigenvalue weighted by atomic mass is 127. The molecule has 9 heavy (non-hydrogen) atoms. The third-order valence-corrected chi connectivity index (χ3v) is 3.18. The van der Waals surface area contributed by atoms with Crippen LogP contribution < -0.4 is 0 Å². The van der Waals surface area contributed by atoms with E-state index in [1.807, 2.05) is 0 Å². The lowest BCUT2D eigenvalue weighted by molar-refractivity contribution is 0.875. The Kier molecular flexibility index (Phi) is 2.40. The van der Waals surface area contributed by atoms with E-state index in [0.29, 0.717) is 5.92 Å². The van der Waals surface area contributed by atoms with Gasteiger partial charge in [-0.25, -0.2) is 0 Å². The fraction of sp³-hybridized carbons (Fsp3) is 0.600. The highest BCUT2D eigenvalue weighted by molar-refractivity contribution is 14.1. The van der Waals surface area contributed by atoms with Crippen LogP contribution >= 0.6 is 34.1 Å². The number of aromatic nitrogens is 2. The van der Waals surface area contributed by atoms with Gasteiger partial charge in [-0.2, -0.15) is 0 Å². The van der Waals surface area contributed by atoms with Crippen LogP contribution in [0.15, 0.2) is 0 Å². The second-order valence-corrected chi connectivity index (χ2v) is 3.89. The molecule has 0 amide bonds. The lowest BCUT2D eigenvalue weighted by atomic mass is 10.2. The van der Waals surface area contributed by atoms with Crippen molar-refractivity contribution >= 4 is 34.1 Å². The molecule has 0 bridgehead atoms. The summed E-state index contributed by atoms with van der Waals surface area (Å²) in [6.07, 6.45) is 0. The van der Waals surface area contributed by atoms with Crippen molar-refractivity contribution in [3.8, 4) is 0 Å². The van der Waals surface area contributed by atoms with E-state index in [9.17, 15) is 0 Å². The maximum Gasteiger partial charge on any atom is 0.139 e. The maximum absolute atomic E-state index is 3.89. The molecule has 50 valence electrons. The van der Waals surface area contributed by atoms with Gasteiger partial charge in [0.15, 0.2) is 0 Å². The van der Waals surface area contributed by atoms with Gasteiger partial charge in [-0.3, -0.25) is 0 Å². The van der Waals surface area contributed by atoms with Gasteiger partial charge in [0.25, 0.3) is 0 Å². The fourth-order valence-corrected chi connectivity index (χ4v) is 2.24. The quantitative estimate of drug-likeness (QED) is 0.718. The average molecular weight is 254 g/mol. The third-order valence-electron chi connectivity index (χ3n) is 0.995. The largest absolute Gasteiger partial charge is 0.139 e. The van der Waals surface area contributed by atoms with Gasteiger partial charge in [-0.05, 0) is 40.0 Å². The van der Waals surface area contributed by atoms with Gasteiger partial charge in [0.2, 0.25) is 0 Å². The lowest BCUT2D eigenvalue weighted by Gasteiger charge is -1.96. The van der Waals surface area contributed by atoms with Crippen LogP contribution in [0.25, 0.3) is 0 Å². The molecule has 1 aromatic heterocycles. The summed E-state index contributed by atoms with van der Waals surface area (Å²) >= 11 is 3.70. The van der Waals surface area contributed by atoms with Gasteiger partial charge in [0, 0.05) is 0 Å². The smallest absolute Gasteiger partial charge is 0.132 e. The Morgan fingerprint density at radius 1 is 1.56 bits per heavy atom. The Morgan fingerprint density at radius 3 is 2.44 bits per heavy atom. The summed E-state index contributed by atoms with van der Waals surface area (Å²) in [7, 11) is 0. The monoisotopic (exact) mass is 254 g/mol. The third kappa shape index (κ3) is 1.61. The summed E-state index contributed by atoms with van der Waals surface area (Å²) in [5.74, 6) is 0.567. The molecular weight excluding hydrogens is 247 g/mol. The Labute approximate surface area is 72.0 Å². The van der Waals surface area contributed by atoms with Crippen LogP contribution in [0.4, 0.5) is 0 Å². The molecule has 0 aliphatic rings. The number of nitrogens with zero attached hydrogens (tertiary/aromatic N) is 2. The molecule has 0 saturated carbocycles. The molecule has 4 heteroatoms. The molecule has 0 atom stereocenters. The van der Waals surface area contributed by atoms with Crippen molar-refractivity contribution < 1.29 is 0 Å². The molecule has 0 spiro atoms. The first-order chi connectivity index (χ1) is 4.22. The molecule has 1 aromatic rings. The molecule has 2 nitrogen and oxygen atoms in total. The zero-order chi connectivity index (χ0) is 6.85. The zero-order valence-corrected chi connectivity index (χ0v) is 8.23. The number of halogens is 1. The van der Waals surface area contributed by atoms with Gasteiger partial charge in [0.05, 0.1) is 4.88 Å². The standard InChI is InChI=1S/C5H7IN2S/c1-3(2)4-5(6)7-8-9-4/h3H,1-2H3. The fourth-order valence-electron chi connectivity index (χ4n) is 0.531. The summed E-state index contributed by atoms with van der Waals surface area (Å²) in [5, 5.41) is 3.89. The summed E-state index contributed by atoms with van der Waals surface area (Å²) in [5.41, 5.74) is 0. The number of rotatable bonds is 1. The van der Waals surface area contributed by atoms with Crippen LogP contribution in [0.2, 0.25) is 0 Å². The first kappa shape index (κ1) is 7.40. The molecule has 0 radical (unpaired) electrons. The average Bonchev–Trinajstić information content (AvgIpc) is 2.13. The van der Waals surface area contributed by atoms with E-state index in [1.54, 1.807) is 0 Å². The van der Waals surface area contributed by atoms with E-state index < -0.39 is 0 Å². The molecular formula is C5H7IN2S. The molecule has 0 unspecified atom stereocenters. The SMILES string of the molecule is CC(C)c1snnc1I.